The highest BCUT2D eigenvalue weighted by molar-refractivity contribution is 5.90. The lowest BCUT2D eigenvalue weighted by molar-refractivity contribution is 0.171. The highest BCUT2D eigenvalue weighted by Gasteiger charge is 2.20. The van der Waals surface area contributed by atoms with Crippen LogP contribution in [0.3, 0.4) is 0 Å². The minimum atomic E-state index is 0.160. The molecule has 118 valence electrons. The Balaban J connectivity index is 1.79. The Bertz CT molecular complexity index is 965. The molecule has 1 aliphatic rings. The van der Waals surface area contributed by atoms with Gasteiger partial charge < -0.3 is 19.2 Å². The van der Waals surface area contributed by atoms with Crippen LogP contribution in [0.4, 0.5) is 0 Å². The lowest BCUT2D eigenvalue weighted by Crippen LogP contribution is -1.93. The van der Waals surface area contributed by atoms with E-state index in [1.54, 1.807) is 19.3 Å². The average molecular weight is 319 g/mol. The minimum absolute atomic E-state index is 0.160. The van der Waals surface area contributed by atoms with Crippen molar-refractivity contribution in [2.24, 2.45) is 0 Å². The molecule has 6 nitrogen and oxygen atoms in total. The molecule has 0 saturated heterocycles. The van der Waals surface area contributed by atoms with Crippen LogP contribution in [-0.4, -0.2) is 23.9 Å². The molecule has 0 aliphatic carbocycles. The van der Waals surface area contributed by atoms with Crippen molar-refractivity contribution in [3.63, 3.8) is 0 Å². The summed E-state index contributed by atoms with van der Waals surface area (Å²) >= 11 is 0. The third kappa shape index (κ3) is 2.32. The summed E-state index contributed by atoms with van der Waals surface area (Å²) < 4.78 is 16.1. The van der Waals surface area contributed by atoms with Crippen LogP contribution in [0.5, 0.6) is 17.2 Å². The molecule has 1 aromatic heterocycles. The van der Waals surface area contributed by atoms with E-state index in [2.05, 4.69) is 16.0 Å². The summed E-state index contributed by atoms with van der Waals surface area (Å²) in [5.74, 6) is 2.27. The molecule has 0 atom stereocenters. The van der Waals surface area contributed by atoms with Crippen molar-refractivity contribution in [1.29, 1.82) is 5.26 Å². The Morgan fingerprint density at radius 2 is 2.21 bits per heavy atom. The van der Waals surface area contributed by atoms with Crippen LogP contribution in [0.2, 0.25) is 0 Å². The zero-order valence-electron chi connectivity index (χ0n) is 12.9. The molecular formula is C18H13N3O3. The number of nitrogens with one attached hydrogen (secondary N) is 1. The van der Waals surface area contributed by atoms with Crippen molar-refractivity contribution >= 4 is 22.7 Å². The Labute approximate surface area is 137 Å². The van der Waals surface area contributed by atoms with Crippen molar-refractivity contribution in [3.8, 4) is 23.3 Å². The van der Waals surface area contributed by atoms with Gasteiger partial charge in [0.15, 0.2) is 11.5 Å². The molecule has 1 N–H and O–H groups in total. The molecule has 0 fully saturated rings. The second-order valence-corrected chi connectivity index (χ2v) is 5.23. The van der Waals surface area contributed by atoms with Gasteiger partial charge in [0.25, 0.3) is 0 Å². The molecule has 0 bridgehead atoms. The quantitative estimate of drug-likeness (QED) is 0.749. The third-order valence-electron chi connectivity index (χ3n) is 3.76. The van der Waals surface area contributed by atoms with E-state index in [1.165, 1.54) is 0 Å². The Morgan fingerprint density at radius 3 is 3.00 bits per heavy atom. The number of aromatic amines is 1. The fraction of sp³-hybridized carbons (Fsp3) is 0.111. The average Bonchev–Trinajstić information content (AvgIpc) is 3.25. The van der Waals surface area contributed by atoms with Crippen LogP contribution >= 0.6 is 0 Å². The topological polar surface area (TPSA) is 80.2 Å². The van der Waals surface area contributed by atoms with Crippen molar-refractivity contribution in [1.82, 2.24) is 9.97 Å². The van der Waals surface area contributed by atoms with Crippen molar-refractivity contribution in [2.45, 2.75) is 0 Å². The molecule has 3 aromatic rings. The van der Waals surface area contributed by atoms with E-state index in [0.29, 0.717) is 28.6 Å². The molecule has 0 spiro atoms. The number of allylic oxidation sites excluding steroid dienone is 1. The van der Waals surface area contributed by atoms with E-state index in [4.69, 9.17) is 14.2 Å². The van der Waals surface area contributed by atoms with Gasteiger partial charge in [-0.25, -0.2) is 4.98 Å². The number of aromatic nitrogens is 2. The van der Waals surface area contributed by atoms with Crippen LogP contribution in [0.1, 0.15) is 11.4 Å². The first-order valence-electron chi connectivity index (χ1n) is 7.33. The molecule has 0 radical (unpaired) electrons. The Kier molecular flexibility index (Phi) is 3.32. The lowest BCUT2D eigenvalue weighted by atomic mass is 10.1. The van der Waals surface area contributed by atoms with Gasteiger partial charge in [-0.2, -0.15) is 5.26 Å². The zero-order chi connectivity index (χ0) is 16.5. The van der Waals surface area contributed by atoms with Crippen LogP contribution in [0.25, 0.3) is 22.7 Å². The van der Waals surface area contributed by atoms with Crippen LogP contribution in [0.15, 0.2) is 36.4 Å². The SMILES string of the molecule is COc1cc(C=C(C#N)c2nc3ccccc3[nH]2)cc2c1OCO2. The molecular weight excluding hydrogens is 306 g/mol. The molecule has 2 aromatic carbocycles. The third-order valence-corrected chi connectivity index (χ3v) is 3.76. The number of hydrogen-bond donors (Lipinski definition) is 1. The molecule has 0 saturated carbocycles. The van der Waals surface area contributed by atoms with E-state index >= 15 is 0 Å². The maximum atomic E-state index is 9.52. The van der Waals surface area contributed by atoms with Crippen LogP contribution < -0.4 is 14.2 Å². The van der Waals surface area contributed by atoms with Crippen molar-refractivity contribution < 1.29 is 14.2 Å². The van der Waals surface area contributed by atoms with Gasteiger partial charge in [0.05, 0.1) is 23.7 Å². The summed E-state index contributed by atoms with van der Waals surface area (Å²) in [4.78, 5) is 7.62. The number of ether oxygens (including phenoxy) is 3. The maximum Gasteiger partial charge on any atom is 0.231 e. The number of rotatable bonds is 3. The zero-order valence-corrected chi connectivity index (χ0v) is 12.9. The first-order valence-corrected chi connectivity index (χ1v) is 7.33. The number of hydrogen-bond acceptors (Lipinski definition) is 5. The lowest BCUT2D eigenvalue weighted by Gasteiger charge is -2.06. The Hall–Kier alpha value is -3.46. The number of H-pyrrole nitrogens is 1. The standard InChI is InChI=1S/C18H13N3O3/c1-22-15-7-11(8-16-17(15)24-10-23-16)6-12(9-19)18-20-13-4-2-3-5-14(13)21-18/h2-8H,10H2,1H3,(H,20,21). The van der Waals surface area contributed by atoms with Gasteiger partial charge in [-0.15, -0.1) is 0 Å². The van der Waals surface area contributed by atoms with Gasteiger partial charge in [0, 0.05) is 0 Å². The monoisotopic (exact) mass is 319 g/mol. The summed E-state index contributed by atoms with van der Waals surface area (Å²) in [6.45, 7) is 0.160. The second-order valence-electron chi connectivity index (χ2n) is 5.23. The summed E-state index contributed by atoms with van der Waals surface area (Å²) in [5.41, 5.74) is 2.90. The molecule has 0 amide bonds. The number of imidazole rings is 1. The molecule has 0 unspecified atom stereocenters. The van der Waals surface area contributed by atoms with Gasteiger partial charge in [0.1, 0.15) is 11.9 Å². The van der Waals surface area contributed by atoms with Crippen molar-refractivity contribution in [3.05, 3.63) is 47.8 Å². The van der Waals surface area contributed by atoms with Crippen LogP contribution in [-0.2, 0) is 0 Å². The first-order chi connectivity index (χ1) is 11.8. The number of nitriles is 1. The van der Waals surface area contributed by atoms with E-state index in [1.807, 2.05) is 30.3 Å². The largest absolute Gasteiger partial charge is 0.493 e. The number of para-hydroxylation sites is 2. The summed E-state index contributed by atoms with van der Waals surface area (Å²) in [6, 6.07) is 13.4. The predicted octanol–water partition coefficient (Wildman–Crippen LogP) is 3.36. The summed E-state index contributed by atoms with van der Waals surface area (Å²) in [5, 5.41) is 9.52. The van der Waals surface area contributed by atoms with Crippen molar-refractivity contribution in [2.75, 3.05) is 13.9 Å². The first kappa shape index (κ1) is 14.2. The molecule has 6 heteroatoms. The summed E-state index contributed by atoms with van der Waals surface area (Å²) in [6.07, 6.45) is 1.74. The second kappa shape index (κ2) is 5.63. The molecule has 24 heavy (non-hydrogen) atoms. The minimum Gasteiger partial charge on any atom is -0.493 e. The molecule has 4 rings (SSSR count). The van der Waals surface area contributed by atoms with Gasteiger partial charge in [-0.05, 0) is 35.9 Å². The molecule has 1 aliphatic heterocycles. The number of nitrogens with zero attached hydrogens (tertiary/aromatic N) is 2. The van der Waals surface area contributed by atoms with Gasteiger partial charge in [0.2, 0.25) is 12.5 Å². The highest BCUT2D eigenvalue weighted by atomic mass is 16.7. The van der Waals surface area contributed by atoms with E-state index in [9.17, 15) is 5.26 Å². The molecule has 2 heterocycles. The summed E-state index contributed by atoms with van der Waals surface area (Å²) in [7, 11) is 1.56. The fourth-order valence-electron chi connectivity index (χ4n) is 2.63. The number of fused-ring (bicyclic) bond motifs is 2. The van der Waals surface area contributed by atoms with E-state index in [0.717, 1.165) is 16.6 Å². The fourth-order valence-corrected chi connectivity index (χ4v) is 2.63. The van der Waals surface area contributed by atoms with Gasteiger partial charge in [-0.1, -0.05) is 12.1 Å². The smallest absolute Gasteiger partial charge is 0.231 e. The van der Waals surface area contributed by atoms with E-state index in [-0.39, 0.29) is 6.79 Å². The normalized spacial score (nSPS) is 13.1. The van der Waals surface area contributed by atoms with Gasteiger partial charge >= 0.3 is 0 Å². The predicted molar refractivity (Wildman–Crippen MR) is 88.7 cm³/mol. The van der Waals surface area contributed by atoms with Gasteiger partial charge in [-0.3, -0.25) is 0 Å². The number of methoxy groups -OCH3 is 1. The highest BCUT2D eigenvalue weighted by Crippen LogP contribution is 2.42. The number of benzene rings is 2. The van der Waals surface area contributed by atoms with E-state index < -0.39 is 0 Å². The van der Waals surface area contributed by atoms with Crippen LogP contribution in [0, 0.1) is 11.3 Å². The Morgan fingerprint density at radius 1 is 1.33 bits per heavy atom. The maximum absolute atomic E-state index is 9.52.